The van der Waals surface area contributed by atoms with Crippen molar-refractivity contribution in [2.24, 2.45) is 5.92 Å². The van der Waals surface area contributed by atoms with Crippen LogP contribution >= 0.6 is 0 Å². The Hall–Kier alpha value is -4.65. The normalized spacial score (nSPS) is 12.1. The lowest BCUT2D eigenvalue weighted by Gasteiger charge is -2.16. The van der Waals surface area contributed by atoms with Gasteiger partial charge >= 0.3 is 5.63 Å². The van der Waals surface area contributed by atoms with E-state index in [0.717, 1.165) is 5.56 Å². The van der Waals surface area contributed by atoms with Gasteiger partial charge in [0, 0.05) is 22.6 Å². The number of hydrogen-bond acceptors (Lipinski definition) is 6. The molecule has 0 fully saturated rings. The molecule has 31 heavy (non-hydrogen) atoms. The van der Waals surface area contributed by atoms with Crippen LogP contribution in [0.3, 0.4) is 0 Å². The Labute approximate surface area is 179 Å². The molecule has 148 valence electrons. The van der Waals surface area contributed by atoms with Crippen LogP contribution in [-0.4, -0.2) is 0 Å². The highest BCUT2D eigenvalue weighted by molar-refractivity contribution is 5.94. The zero-order valence-corrected chi connectivity index (χ0v) is 16.9. The highest BCUT2D eigenvalue weighted by Gasteiger charge is 2.31. The Kier molecular flexibility index (Phi) is 5.97. The Morgan fingerprint density at radius 3 is 2.13 bits per heavy atom. The van der Waals surface area contributed by atoms with E-state index in [1.165, 1.54) is 0 Å². The van der Waals surface area contributed by atoms with Crippen LogP contribution in [-0.2, 0) is 0 Å². The summed E-state index contributed by atoms with van der Waals surface area (Å²) in [6.45, 7) is 3.99. The average molecular weight is 404 g/mol. The predicted molar refractivity (Wildman–Crippen MR) is 114 cm³/mol. The predicted octanol–water partition coefficient (Wildman–Crippen LogP) is 4.75. The molecule has 0 aromatic carbocycles. The first-order valence-corrected chi connectivity index (χ1v) is 9.48. The molecule has 0 aromatic heterocycles. The van der Waals surface area contributed by atoms with Crippen molar-refractivity contribution in [3.63, 3.8) is 0 Å². The van der Waals surface area contributed by atoms with E-state index < -0.39 is 11.5 Å². The summed E-state index contributed by atoms with van der Waals surface area (Å²) in [5, 5.41) is 38.6. The van der Waals surface area contributed by atoms with Crippen LogP contribution in [0.1, 0.15) is 30.9 Å². The van der Waals surface area contributed by atoms with Gasteiger partial charge in [-0.05, 0) is 23.6 Å². The minimum atomic E-state index is -0.743. The van der Waals surface area contributed by atoms with E-state index in [-0.39, 0.29) is 39.5 Å². The van der Waals surface area contributed by atoms with Gasteiger partial charge in [0.1, 0.15) is 41.2 Å². The van der Waals surface area contributed by atoms with Crippen LogP contribution < -0.4 is 5.63 Å². The number of rotatable bonds is 4. The second-order valence-electron chi connectivity index (χ2n) is 7.15. The van der Waals surface area contributed by atoms with Crippen molar-refractivity contribution in [2.45, 2.75) is 19.8 Å². The minimum absolute atomic E-state index is 0.00194. The molecule has 0 radical (unpaired) electrons. The number of fused-ring (bicyclic) bond motifs is 1. The molecule has 2 aliphatic carbocycles. The summed E-state index contributed by atoms with van der Waals surface area (Å²) in [6, 6.07) is 14.4. The maximum Gasteiger partial charge on any atom is 0.345 e. The minimum Gasteiger partial charge on any atom is -0.422 e. The van der Waals surface area contributed by atoms with Crippen LogP contribution in [0.15, 0.2) is 74.5 Å². The van der Waals surface area contributed by atoms with Crippen LogP contribution in [0.5, 0.6) is 0 Å². The van der Waals surface area contributed by atoms with E-state index in [4.69, 9.17) is 4.42 Å². The van der Waals surface area contributed by atoms with Crippen molar-refractivity contribution in [1.29, 1.82) is 21.0 Å². The van der Waals surface area contributed by atoms with Crippen molar-refractivity contribution in [2.75, 3.05) is 0 Å². The third-order valence-electron chi connectivity index (χ3n) is 5.02. The highest BCUT2D eigenvalue weighted by Crippen LogP contribution is 2.40. The maximum atomic E-state index is 13.0. The second kappa shape index (κ2) is 8.79. The van der Waals surface area contributed by atoms with Gasteiger partial charge in [0.25, 0.3) is 0 Å². The second-order valence-corrected chi connectivity index (χ2v) is 7.15. The fraction of sp³-hybridized carbons (Fsp3) is 0.160. The van der Waals surface area contributed by atoms with E-state index in [1.54, 1.807) is 42.5 Å². The third-order valence-corrected chi connectivity index (χ3v) is 5.02. The van der Waals surface area contributed by atoms with Crippen LogP contribution in [0.25, 0.3) is 16.9 Å². The van der Waals surface area contributed by atoms with E-state index in [1.807, 2.05) is 44.2 Å². The summed E-state index contributed by atoms with van der Waals surface area (Å²) < 4.78 is 5.44. The van der Waals surface area contributed by atoms with Gasteiger partial charge in [0.2, 0.25) is 0 Å². The zero-order chi connectivity index (χ0) is 22.5. The smallest absolute Gasteiger partial charge is 0.345 e. The summed E-state index contributed by atoms with van der Waals surface area (Å²) in [7, 11) is 0. The molecule has 0 atom stereocenters. The van der Waals surface area contributed by atoms with Gasteiger partial charge in [-0.2, -0.15) is 21.0 Å². The number of allylic oxidation sites excluding steroid dienone is 8. The topological polar surface area (TPSA) is 125 Å². The van der Waals surface area contributed by atoms with Gasteiger partial charge < -0.3 is 4.42 Å². The van der Waals surface area contributed by atoms with Gasteiger partial charge in [0.15, 0.2) is 0 Å². The third kappa shape index (κ3) is 3.79. The molecule has 3 rings (SSSR count). The fourth-order valence-corrected chi connectivity index (χ4v) is 3.52. The molecular formula is C25H16N4O2. The quantitative estimate of drug-likeness (QED) is 0.534. The van der Waals surface area contributed by atoms with Crippen LogP contribution in [0.2, 0.25) is 0 Å². The highest BCUT2D eigenvalue weighted by atomic mass is 16.4. The molecule has 0 aromatic rings. The molecule has 1 aliphatic heterocycles. The number of furan rings is 1. The number of nitriles is 4. The molecule has 1 heterocycles. The molecule has 0 spiro atoms. The Balaban J connectivity index is 2.52. The summed E-state index contributed by atoms with van der Waals surface area (Å²) in [5.41, 5.74) is 0.0145. The Morgan fingerprint density at radius 2 is 1.58 bits per heavy atom. The SMILES string of the molecule is CC(C)c1cccc2oc(=O)c(C(=C(C#N)C#N)C(=C(C#N)C#N)C3C=CC=C3)c-2c1. The fourth-order valence-electron chi connectivity index (χ4n) is 3.52. The van der Waals surface area contributed by atoms with E-state index >= 15 is 0 Å². The molecule has 0 saturated carbocycles. The van der Waals surface area contributed by atoms with E-state index in [0.29, 0.717) is 5.56 Å². The first-order valence-electron chi connectivity index (χ1n) is 9.48. The molecular weight excluding hydrogens is 388 g/mol. The molecule has 6 nitrogen and oxygen atoms in total. The molecule has 0 saturated heterocycles. The summed E-state index contributed by atoms with van der Waals surface area (Å²) >= 11 is 0. The van der Waals surface area contributed by atoms with E-state index in [9.17, 15) is 25.8 Å². The molecule has 0 N–H and O–H groups in total. The van der Waals surface area contributed by atoms with Crippen molar-refractivity contribution in [3.8, 4) is 35.6 Å². The Morgan fingerprint density at radius 1 is 0.968 bits per heavy atom. The lowest BCUT2D eigenvalue weighted by Crippen LogP contribution is -2.11. The van der Waals surface area contributed by atoms with Crippen LogP contribution in [0, 0.1) is 51.2 Å². The van der Waals surface area contributed by atoms with Crippen molar-refractivity contribution < 1.29 is 4.42 Å². The zero-order valence-electron chi connectivity index (χ0n) is 16.9. The van der Waals surface area contributed by atoms with Crippen molar-refractivity contribution in [3.05, 3.63) is 86.8 Å². The average Bonchev–Trinajstić information content (AvgIpc) is 3.33. The van der Waals surface area contributed by atoms with E-state index in [2.05, 4.69) is 0 Å². The maximum absolute atomic E-state index is 13.0. The monoisotopic (exact) mass is 404 g/mol. The van der Waals surface area contributed by atoms with Crippen molar-refractivity contribution >= 4 is 5.57 Å². The standard InChI is InChI=1S/C25H16N4O2/c1-15(2)17-8-5-9-21-20(10-17)24(25(30)31-21)23(19(13-28)14-29)22(18(11-26)12-27)16-6-3-4-7-16/h3-10,15-16H,1-2H3. The molecule has 0 amide bonds. The summed E-state index contributed by atoms with van der Waals surface area (Å²) in [6.07, 6.45) is 6.91. The lowest BCUT2D eigenvalue weighted by atomic mass is 9.82. The summed E-state index contributed by atoms with van der Waals surface area (Å²) in [4.78, 5) is 13.0. The largest absolute Gasteiger partial charge is 0.422 e. The number of hydrogen-bond donors (Lipinski definition) is 0. The molecule has 0 bridgehead atoms. The Bertz CT molecular complexity index is 1330. The van der Waals surface area contributed by atoms with Gasteiger partial charge in [-0.15, -0.1) is 0 Å². The molecule has 0 unspecified atom stereocenters. The molecule has 3 aliphatic rings. The lowest BCUT2D eigenvalue weighted by molar-refractivity contribution is 0.544. The first-order chi connectivity index (χ1) is 15.0. The van der Waals surface area contributed by atoms with Gasteiger partial charge in [-0.3, -0.25) is 0 Å². The van der Waals surface area contributed by atoms with Gasteiger partial charge in [0.05, 0.1) is 5.56 Å². The van der Waals surface area contributed by atoms with Crippen LogP contribution in [0.4, 0.5) is 0 Å². The number of nitrogens with zero attached hydrogens (tertiary/aromatic N) is 4. The summed E-state index contributed by atoms with van der Waals surface area (Å²) in [5.74, 6) is -0.129. The first kappa shape index (κ1) is 21.1. The van der Waals surface area contributed by atoms with Gasteiger partial charge in [-0.25, -0.2) is 4.79 Å². The molecule has 6 heteroatoms. The van der Waals surface area contributed by atoms with Gasteiger partial charge in [-0.1, -0.05) is 50.3 Å². The van der Waals surface area contributed by atoms with Crippen molar-refractivity contribution in [1.82, 2.24) is 0 Å².